The second kappa shape index (κ2) is 8.41. The lowest BCUT2D eigenvalue weighted by molar-refractivity contribution is 0.0945. The van der Waals surface area contributed by atoms with Gasteiger partial charge in [0.05, 0.1) is 6.04 Å². The molecule has 0 aliphatic rings. The summed E-state index contributed by atoms with van der Waals surface area (Å²) in [7, 11) is 0. The molecule has 0 aliphatic carbocycles. The van der Waals surface area contributed by atoms with Gasteiger partial charge in [0.15, 0.2) is 5.78 Å². The maximum absolute atomic E-state index is 13.5. The molecule has 29 heavy (non-hydrogen) atoms. The number of carbonyl (C=O) groups excluding carboxylic acids is 1. The molecule has 2 N–H and O–H groups in total. The molecule has 0 spiro atoms. The van der Waals surface area contributed by atoms with Gasteiger partial charge in [-0.25, -0.2) is 4.39 Å². The number of Topliss-reactive ketones (excluding diaryl/α,β-unsaturated/α-hetero) is 1. The van der Waals surface area contributed by atoms with Crippen LogP contribution in [0.4, 0.5) is 4.39 Å². The number of H-pyrrole nitrogens is 1. The number of nitrogens with one attached hydrogen (secondary N) is 2. The van der Waals surface area contributed by atoms with Gasteiger partial charge in [-0.3, -0.25) is 4.79 Å². The van der Waals surface area contributed by atoms with Crippen molar-refractivity contribution in [3.8, 4) is 0 Å². The van der Waals surface area contributed by atoms with Crippen LogP contribution in [0, 0.1) is 12.7 Å². The van der Waals surface area contributed by atoms with E-state index in [0.717, 1.165) is 27.6 Å². The largest absolute Gasteiger partial charge is 0.360 e. The fraction of sp³-hybridized carbons (Fsp3) is 0.160. The van der Waals surface area contributed by atoms with Crippen LogP contribution in [0.3, 0.4) is 0 Å². The Balaban J connectivity index is 1.58. The molecular formula is C25H23FN2O. The molecule has 1 heterocycles. The molecule has 0 fully saturated rings. The monoisotopic (exact) mass is 386 g/mol. The number of hydrogen-bond donors (Lipinski definition) is 2. The third kappa shape index (κ3) is 4.28. The van der Waals surface area contributed by atoms with Crippen molar-refractivity contribution in [2.24, 2.45) is 0 Å². The molecule has 3 nitrogen and oxygen atoms in total. The van der Waals surface area contributed by atoms with Crippen LogP contribution >= 0.6 is 0 Å². The van der Waals surface area contributed by atoms with E-state index >= 15 is 0 Å². The summed E-state index contributed by atoms with van der Waals surface area (Å²) in [4.78, 5) is 16.7. The van der Waals surface area contributed by atoms with E-state index in [2.05, 4.69) is 10.3 Å². The van der Waals surface area contributed by atoms with Gasteiger partial charge < -0.3 is 10.3 Å². The topological polar surface area (TPSA) is 44.9 Å². The van der Waals surface area contributed by atoms with Gasteiger partial charge in [-0.1, -0.05) is 54.6 Å². The third-order valence-electron chi connectivity index (χ3n) is 5.17. The highest BCUT2D eigenvalue weighted by atomic mass is 19.1. The van der Waals surface area contributed by atoms with Crippen molar-refractivity contribution < 1.29 is 9.18 Å². The Morgan fingerprint density at radius 3 is 2.55 bits per heavy atom. The van der Waals surface area contributed by atoms with Crippen LogP contribution in [0.2, 0.25) is 0 Å². The van der Waals surface area contributed by atoms with Crippen molar-refractivity contribution in [2.45, 2.75) is 19.4 Å². The van der Waals surface area contributed by atoms with E-state index in [-0.39, 0.29) is 11.6 Å². The van der Waals surface area contributed by atoms with Gasteiger partial charge in [0.2, 0.25) is 0 Å². The predicted octanol–water partition coefficient (Wildman–Crippen LogP) is 5.37. The summed E-state index contributed by atoms with van der Waals surface area (Å²) >= 11 is 0. The summed E-state index contributed by atoms with van der Waals surface area (Å²) in [5, 5.41) is 4.34. The van der Waals surface area contributed by atoms with E-state index in [0.29, 0.717) is 18.5 Å². The summed E-state index contributed by atoms with van der Waals surface area (Å²) in [5.41, 5.74) is 4.75. The van der Waals surface area contributed by atoms with E-state index in [4.69, 9.17) is 0 Å². The minimum Gasteiger partial charge on any atom is -0.360 e. The van der Waals surface area contributed by atoms with Crippen molar-refractivity contribution in [3.63, 3.8) is 0 Å². The number of rotatable bonds is 7. The highest BCUT2D eigenvalue weighted by Crippen LogP contribution is 2.25. The molecule has 1 atom stereocenters. The van der Waals surface area contributed by atoms with Crippen LogP contribution in [0.1, 0.15) is 33.1 Å². The SMILES string of the molecule is Cc1ccc2c(C(=O)[C@@H](NCCc3ccc(F)cc3)c3ccccc3)c[nH]c2c1. The van der Waals surface area contributed by atoms with Crippen LogP contribution in [0.15, 0.2) is 79.0 Å². The number of hydrogen-bond acceptors (Lipinski definition) is 2. The molecule has 0 radical (unpaired) electrons. The molecule has 0 aliphatic heterocycles. The Bertz CT molecular complexity index is 1120. The summed E-state index contributed by atoms with van der Waals surface area (Å²) in [5.74, 6) is -0.209. The molecule has 0 saturated carbocycles. The fourth-order valence-corrected chi connectivity index (χ4v) is 3.62. The lowest BCUT2D eigenvalue weighted by atomic mass is 9.96. The first-order valence-corrected chi connectivity index (χ1v) is 9.76. The normalized spacial score (nSPS) is 12.2. The number of ketones is 1. The van der Waals surface area contributed by atoms with Gasteiger partial charge in [-0.2, -0.15) is 0 Å². The van der Waals surface area contributed by atoms with Crippen molar-refractivity contribution in [1.29, 1.82) is 0 Å². The second-order valence-corrected chi connectivity index (χ2v) is 7.29. The van der Waals surface area contributed by atoms with Crippen LogP contribution in [0.5, 0.6) is 0 Å². The number of benzene rings is 3. The number of aromatic amines is 1. The second-order valence-electron chi connectivity index (χ2n) is 7.29. The fourth-order valence-electron chi connectivity index (χ4n) is 3.62. The molecule has 3 aromatic carbocycles. The van der Waals surface area contributed by atoms with Crippen LogP contribution in [0.25, 0.3) is 10.9 Å². The molecule has 4 aromatic rings. The first-order valence-electron chi connectivity index (χ1n) is 9.76. The highest BCUT2D eigenvalue weighted by Gasteiger charge is 2.23. The minimum atomic E-state index is -0.447. The zero-order chi connectivity index (χ0) is 20.2. The lowest BCUT2D eigenvalue weighted by Crippen LogP contribution is -2.30. The summed E-state index contributed by atoms with van der Waals surface area (Å²) in [6.45, 7) is 2.64. The Labute approximate surface area is 169 Å². The van der Waals surface area contributed by atoms with Gasteiger partial charge in [0, 0.05) is 29.2 Å². The quantitative estimate of drug-likeness (QED) is 0.419. The maximum Gasteiger partial charge on any atom is 0.186 e. The molecular weight excluding hydrogens is 363 g/mol. The lowest BCUT2D eigenvalue weighted by Gasteiger charge is -2.18. The molecule has 0 bridgehead atoms. The molecule has 0 unspecified atom stereocenters. The van der Waals surface area contributed by atoms with Crippen LogP contribution in [-0.4, -0.2) is 17.3 Å². The van der Waals surface area contributed by atoms with E-state index in [1.54, 1.807) is 18.3 Å². The smallest absolute Gasteiger partial charge is 0.186 e. The number of carbonyl (C=O) groups is 1. The number of fused-ring (bicyclic) bond motifs is 1. The Morgan fingerprint density at radius 1 is 1.03 bits per heavy atom. The van der Waals surface area contributed by atoms with Crippen molar-refractivity contribution >= 4 is 16.7 Å². The molecule has 0 amide bonds. The zero-order valence-corrected chi connectivity index (χ0v) is 16.3. The molecule has 4 heteroatoms. The average molecular weight is 386 g/mol. The molecule has 146 valence electrons. The van der Waals surface area contributed by atoms with Gasteiger partial charge in [-0.05, 0) is 48.2 Å². The van der Waals surface area contributed by atoms with E-state index in [9.17, 15) is 9.18 Å². The van der Waals surface area contributed by atoms with E-state index < -0.39 is 6.04 Å². The van der Waals surface area contributed by atoms with Crippen LogP contribution < -0.4 is 5.32 Å². The average Bonchev–Trinajstić information content (AvgIpc) is 3.16. The van der Waals surface area contributed by atoms with Crippen molar-refractivity contribution in [2.75, 3.05) is 6.54 Å². The number of aryl methyl sites for hydroxylation is 1. The van der Waals surface area contributed by atoms with Gasteiger partial charge >= 0.3 is 0 Å². The predicted molar refractivity (Wildman–Crippen MR) is 115 cm³/mol. The Morgan fingerprint density at radius 2 is 1.79 bits per heavy atom. The first kappa shape index (κ1) is 19.1. The van der Waals surface area contributed by atoms with Gasteiger partial charge in [-0.15, -0.1) is 0 Å². The number of aromatic nitrogens is 1. The zero-order valence-electron chi connectivity index (χ0n) is 16.3. The van der Waals surface area contributed by atoms with Crippen LogP contribution in [-0.2, 0) is 6.42 Å². The van der Waals surface area contributed by atoms with Gasteiger partial charge in [0.1, 0.15) is 5.82 Å². The minimum absolute atomic E-state index is 0.0328. The van der Waals surface area contributed by atoms with E-state index in [1.807, 2.05) is 55.5 Å². The Hall–Kier alpha value is -3.24. The summed E-state index contributed by atoms with van der Waals surface area (Å²) in [6.07, 6.45) is 2.51. The summed E-state index contributed by atoms with van der Waals surface area (Å²) < 4.78 is 13.1. The highest BCUT2D eigenvalue weighted by molar-refractivity contribution is 6.10. The number of halogens is 1. The first-order chi connectivity index (χ1) is 14.1. The van der Waals surface area contributed by atoms with Crippen molar-refractivity contribution in [1.82, 2.24) is 10.3 Å². The van der Waals surface area contributed by atoms with Gasteiger partial charge in [0.25, 0.3) is 0 Å². The molecule has 4 rings (SSSR count). The van der Waals surface area contributed by atoms with Crippen molar-refractivity contribution in [3.05, 3.63) is 107 Å². The van der Waals surface area contributed by atoms with E-state index in [1.165, 1.54) is 12.1 Å². The summed E-state index contributed by atoms with van der Waals surface area (Å²) in [6, 6.07) is 21.8. The molecule has 1 aromatic heterocycles. The Kier molecular flexibility index (Phi) is 5.54. The third-order valence-corrected chi connectivity index (χ3v) is 5.17. The standard InChI is InChI=1S/C25H23FN2O/c1-17-7-12-21-22(16-28-23(21)15-17)25(29)24(19-5-3-2-4-6-19)27-14-13-18-8-10-20(26)11-9-18/h2-12,15-16,24,27-28H,13-14H2,1H3/t24-/m0/s1. The maximum atomic E-state index is 13.5. The molecule has 0 saturated heterocycles.